The van der Waals surface area contributed by atoms with Crippen molar-refractivity contribution in [2.24, 2.45) is 5.73 Å². The standard InChI is InChI=1S/C3H3NO2/c4-3(1-5)2-6/h1H,4H2. The zero-order chi connectivity index (χ0) is 4.99. The van der Waals surface area contributed by atoms with Crippen molar-refractivity contribution in [3.63, 3.8) is 0 Å². The first-order chi connectivity index (χ1) is 2.81. The number of allylic oxidation sites excluding steroid dienone is 1. The summed E-state index contributed by atoms with van der Waals surface area (Å²) in [6, 6.07) is 0. The van der Waals surface area contributed by atoms with Crippen LogP contribution in [0.5, 0.6) is 0 Å². The molecule has 0 spiro atoms. The predicted octanol–water partition coefficient (Wildman–Crippen LogP) is -1.14. The molecule has 2 N–H and O–H groups in total. The van der Waals surface area contributed by atoms with Gasteiger partial charge in [-0.15, -0.1) is 0 Å². The summed E-state index contributed by atoms with van der Waals surface area (Å²) in [6.07, 6.45) is 0.243. The van der Waals surface area contributed by atoms with Crippen LogP contribution in [-0.4, -0.2) is 12.2 Å². The molecule has 0 aliphatic carbocycles. The molecule has 0 radical (unpaired) electrons. The highest BCUT2D eigenvalue weighted by molar-refractivity contribution is 5.83. The SMILES string of the molecule is NC(=C=O)C=O. The molecule has 3 nitrogen and oxygen atoms in total. The lowest BCUT2D eigenvalue weighted by Gasteiger charge is -1.66. The average Bonchev–Trinajstić information content (AvgIpc) is 1.65. The minimum absolute atomic E-state index is 0.243. The molecule has 0 amide bonds. The van der Waals surface area contributed by atoms with Crippen molar-refractivity contribution >= 4 is 12.2 Å². The Kier molecular flexibility index (Phi) is 1.78. The van der Waals surface area contributed by atoms with Crippen LogP contribution in [0.3, 0.4) is 0 Å². The lowest BCUT2D eigenvalue weighted by molar-refractivity contribution is -0.104. The van der Waals surface area contributed by atoms with Gasteiger partial charge in [0.1, 0.15) is 0 Å². The van der Waals surface area contributed by atoms with Crippen LogP contribution in [0.4, 0.5) is 0 Å². The lowest BCUT2D eigenvalue weighted by atomic mass is 10.6. The second-order valence-corrected chi connectivity index (χ2v) is 0.675. The summed E-state index contributed by atoms with van der Waals surface area (Å²) in [6.45, 7) is 0. The summed E-state index contributed by atoms with van der Waals surface area (Å²) in [5.74, 6) is 1.19. The summed E-state index contributed by atoms with van der Waals surface area (Å²) in [5, 5.41) is 0. The molecule has 0 atom stereocenters. The summed E-state index contributed by atoms with van der Waals surface area (Å²) >= 11 is 0. The normalized spacial score (nSPS) is 6.00. The first-order valence-electron chi connectivity index (χ1n) is 1.27. The molecule has 0 saturated heterocycles. The Bertz CT molecular complexity index is 101. The van der Waals surface area contributed by atoms with E-state index in [1.165, 1.54) is 5.94 Å². The van der Waals surface area contributed by atoms with Gasteiger partial charge in [-0.05, 0) is 0 Å². The van der Waals surface area contributed by atoms with Crippen molar-refractivity contribution in [3.05, 3.63) is 5.70 Å². The van der Waals surface area contributed by atoms with Gasteiger partial charge in [-0.2, -0.15) is 0 Å². The average molecular weight is 85.1 g/mol. The summed E-state index contributed by atoms with van der Waals surface area (Å²) in [4.78, 5) is 18.5. The minimum Gasteiger partial charge on any atom is -0.387 e. The Hall–Kier alpha value is -1.08. The van der Waals surface area contributed by atoms with Gasteiger partial charge in [0.25, 0.3) is 0 Å². The fourth-order valence-corrected chi connectivity index (χ4v) is 0.0241. The van der Waals surface area contributed by atoms with E-state index in [4.69, 9.17) is 0 Å². The van der Waals surface area contributed by atoms with Crippen LogP contribution in [0.1, 0.15) is 0 Å². The number of carbonyl (C=O) groups is 1. The van der Waals surface area contributed by atoms with Gasteiger partial charge in [-0.1, -0.05) is 0 Å². The lowest BCUT2D eigenvalue weighted by Crippen LogP contribution is -1.96. The van der Waals surface area contributed by atoms with Gasteiger partial charge in [-0.25, -0.2) is 4.79 Å². The zero-order valence-corrected chi connectivity index (χ0v) is 2.97. The van der Waals surface area contributed by atoms with E-state index < -0.39 is 5.70 Å². The van der Waals surface area contributed by atoms with E-state index in [-0.39, 0.29) is 6.29 Å². The van der Waals surface area contributed by atoms with Gasteiger partial charge in [0, 0.05) is 0 Å². The van der Waals surface area contributed by atoms with Crippen LogP contribution in [0, 0.1) is 0 Å². The van der Waals surface area contributed by atoms with Crippen LogP contribution < -0.4 is 5.73 Å². The Morgan fingerprint density at radius 3 is 2.33 bits per heavy atom. The molecule has 0 aromatic heterocycles. The highest BCUT2D eigenvalue weighted by atomic mass is 16.1. The molecule has 3 heteroatoms. The monoisotopic (exact) mass is 85.0 g/mol. The molecular formula is C3H3NO2. The molecule has 0 aromatic rings. The second-order valence-electron chi connectivity index (χ2n) is 0.675. The Morgan fingerprint density at radius 1 is 1.83 bits per heavy atom. The fourth-order valence-electron chi connectivity index (χ4n) is 0.0241. The highest BCUT2D eigenvalue weighted by Crippen LogP contribution is 1.54. The molecule has 0 saturated carbocycles. The molecule has 6 heavy (non-hydrogen) atoms. The topological polar surface area (TPSA) is 60.2 Å². The van der Waals surface area contributed by atoms with Gasteiger partial charge in [-0.3, -0.25) is 4.79 Å². The molecule has 0 fully saturated rings. The molecule has 32 valence electrons. The first kappa shape index (κ1) is 4.92. The maximum atomic E-state index is 9.31. The minimum atomic E-state index is -0.394. The molecule has 0 aliphatic heterocycles. The molecule has 0 aliphatic rings. The van der Waals surface area contributed by atoms with Crippen LogP contribution in [0.15, 0.2) is 5.70 Å². The van der Waals surface area contributed by atoms with Gasteiger partial charge in [0.05, 0.1) is 0 Å². The maximum absolute atomic E-state index is 9.31. The highest BCUT2D eigenvalue weighted by Gasteiger charge is 1.75. The molecule has 0 rings (SSSR count). The number of hydrogen-bond donors (Lipinski definition) is 1. The summed E-state index contributed by atoms with van der Waals surface area (Å²) in [7, 11) is 0. The quantitative estimate of drug-likeness (QED) is 0.249. The molecule has 0 heterocycles. The second kappa shape index (κ2) is 2.18. The summed E-state index contributed by atoms with van der Waals surface area (Å²) in [5.41, 5.74) is 4.20. The van der Waals surface area contributed by atoms with Crippen molar-refractivity contribution < 1.29 is 9.59 Å². The van der Waals surface area contributed by atoms with Crippen molar-refractivity contribution in [1.29, 1.82) is 0 Å². The van der Waals surface area contributed by atoms with Crippen LogP contribution in [-0.2, 0) is 9.59 Å². The zero-order valence-electron chi connectivity index (χ0n) is 2.97. The van der Waals surface area contributed by atoms with Crippen molar-refractivity contribution in [3.8, 4) is 0 Å². The number of nitrogens with two attached hydrogens (primary N) is 1. The Balaban J connectivity index is 3.86. The number of aldehydes is 1. The number of hydrogen-bond acceptors (Lipinski definition) is 3. The number of carbonyl (C=O) groups excluding carboxylic acids is 2. The third-order valence-electron chi connectivity index (χ3n) is 0.245. The van der Waals surface area contributed by atoms with Crippen LogP contribution in [0.25, 0.3) is 0 Å². The van der Waals surface area contributed by atoms with E-state index in [2.05, 4.69) is 5.73 Å². The Morgan fingerprint density at radius 2 is 2.33 bits per heavy atom. The third kappa shape index (κ3) is 1.26. The van der Waals surface area contributed by atoms with Crippen molar-refractivity contribution in [2.75, 3.05) is 0 Å². The van der Waals surface area contributed by atoms with Gasteiger partial charge >= 0.3 is 0 Å². The van der Waals surface area contributed by atoms with E-state index in [9.17, 15) is 9.59 Å². The van der Waals surface area contributed by atoms with Crippen LogP contribution in [0.2, 0.25) is 0 Å². The van der Waals surface area contributed by atoms with E-state index in [1.54, 1.807) is 0 Å². The van der Waals surface area contributed by atoms with Crippen molar-refractivity contribution in [2.45, 2.75) is 0 Å². The van der Waals surface area contributed by atoms with E-state index in [1.807, 2.05) is 0 Å². The maximum Gasteiger partial charge on any atom is 0.177 e. The Labute approximate surface area is 34.4 Å². The van der Waals surface area contributed by atoms with Crippen molar-refractivity contribution in [1.82, 2.24) is 0 Å². The third-order valence-corrected chi connectivity index (χ3v) is 0.245. The van der Waals surface area contributed by atoms with E-state index in [0.717, 1.165) is 0 Å². The molecule has 0 bridgehead atoms. The van der Waals surface area contributed by atoms with Gasteiger partial charge in [0.15, 0.2) is 17.9 Å². The smallest absolute Gasteiger partial charge is 0.177 e. The largest absolute Gasteiger partial charge is 0.387 e. The van der Waals surface area contributed by atoms with E-state index in [0.29, 0.717) is 0 Å². The molecule has 0 aromatic carbocycles. The summed E-state index contributed by atoms with van der Waals surface area (Å²) < 4.78 is 0. The van der Waals surface area contributed by atoms with Crippen LogP contribution >= 0.6 is 0 Å². The number of rotatable bonds is 1. The van der Waals surface area contributed by atoms with E-state index >= 15 is 0 Å². The molecular weight excluding hydrogens is 82.0 g/mol. The van der Waals surface area contributed by atoms with Gasteiger partial charge < -0.3 is 5.73 Å². The van der Waals surface area contributed by atoms with Gasteiger partial charge in [0.2, 0.25) is 0 Å². The predicted molar refractivity (Wildman–Crippen MR) is 19.5 cm³/mol. The molecule has 0 unspecified atom stereocenters. The fraction of sp³-hybridized carbons (Fsp3) is 0. The first-order valence-corrected chi connectivity index (χ1v) is 1.27.